The van der Waals surface area contributed by atoms with Gasteiger partial charge in [0.25, 0.3) is 0 Å². The Labute approximate surface area is 54.6 Å². The van der Waals surface area contributed by atoms with Crippen LogP contribution in [-0.2, 0) is 4.74 Å². The highest BCUT2D eigenvalue weighted by Gasteiger charge is 2.01. The van der Waals surface area contributed by atoms with Crippen LogP contribution in [0.15, 0.2) is 0 Å². The van der Waals surface area contributed by atoms with Gasteiger partial charge in [0.05, 0.1) is 13.3 Å². The molecule has 0 aromatic rings. The highest BCUT2D eigenvalue weighted by atomic mass is 16.5. The van der Waals surface area contributed by atoms with E-state index in [4.69, 9.17) is 0 Å². The van der Waals surface area contributed by atoms with Crippen LogP contribution < -0.4 is 10.6 Å². The van der Waals surface area contributed by atoms with E-state index in [-0.39, 0.29) is 6.17 Å². The summed E-state index contributed by atoms with van der Waals surface area (Å²) in [5, 5.41) is 5.33. The number of methoxy groups -OCH3 is 1. The van der Waals surface area contributed by atoms with Crippen LogP contribution in [0.5, 0.6) is 0 Å². The molecular formula is C5H12N2O2. The molecule has 54 valence electrons. The van der Waals surface area contributed by atoms with Crippen molar-refractivity contribution in [2.24, 2.45) is 0 Å². The Hall–Kier alpha value is -0.770. The number of hydrogen-bond acceptors (Lipinski definition) is 3. The second-order valence-electron chi connectivity index (χ2n) is 1.65. The summed E-state index contributed by atoms with van der Waals surface area (Å²) in [6.07, 6.45) is -0.464. The average Bonchev–Trinajstić information content (AvgIpc) is 1.87. The van der Waals surface area contributed by atoms with E-state index >= 15 is 0 Å². The molecular weight excluding hydrogens is 120 g/mol. The summed E-state index contributed by atoms with van der Waals surface area (Å²) in [6.45, 7) is 1.82. The maximum atomic E-state index is 10.4. The fourth-order valence-corrected chi connectivity index (χ4v) is 0.308. The maximum absolute atomic E-state index is 10.4. The molecule has 0 rings (SSSR count). The number of carbonyl (C=O) groups is 1. The molecule has 0 saturated carbocycles. The third-order valence-electron chi connectivity index (χ3n) is 0.953. The second-order valence-corrected chi connectivity index (χ2v) is 1.65. The zero-order chi connectivity index (χ0) is 7.28. The summed E-state index contributed by atoms with van der Waals surface area (Å²) < 4.78 is 4.33. The smallest absolute Gasteiger partial charge is 0.408 e. The zero-order valence-electron chi connectivity index (χ0n) is 5.89. The Morgan fingerprint density at radius 3 is 2.56 bits per heavy atom. The number of hydrogen-bond donors (Lipinski definition) is 2. The van der Waals surface area contributed by atoms with Crippen LogP contribution in [0.3, 0.4) is 0 Å². The molecule has 0 aromatic heterocycles. The predicted molar refractivity (Wildman–Crippen MR) is 34.1 cm³/mol. The molecule has 0 radical (unpaired) electrons. The highest BCUT2D eigenvalue weighted by Crippen LogP contribution is 1.74. The van der Waals surface area contributed by atoms with Crippen molar-refractivity contribution in [1.29, 1.82) is 0 Å². The highest BCUT2D eigenvalue weighted by molar-refractivity contribution is 5.67. The van der Waals surface area contributed by atoms with Gasteiger partial charge >= 0.3 is 6.09 Å². The van der Waals surface area contributed by atoms with Gasteiger partial charge < -0.3 is 15.4 Å². The molecule has 2 N–H and O–H groups in total. The Morgan fingerprint density at radius 1 is 1.67 bits per heavy atom. The van der Waals surface area contributed by atoms with Crippen LogP contribution in [0.4, 0.5) is 4.79 Å². The van der Waals surface area contributed by atoms with Crippen LogP contribution in [0.1, 0.15) is 6.92 Å². The van der Waals surface area contributed by atoms with Crippen LogP contribution in [0.25, 0.3) is 0 Å². The molecule has 0 heterocycles. The van der Waals surface area contributed by atoms with Crippen LogP contribution in [0.2, 0.25) is 0 Å². The minimum absolute atomic E-state index is 0.0440. The fraction of sp³-hybridized carbons (Fsp3) is 0.800. The van der Waals surface area contributed by atoms with Gasteiger partial charge in [0.15, 0.2) is 0 Å². The minimum Gasteiger partial charge on any atom is -0.453 e. The van der Waals surface area contributed by atoms with Crippen molar-refractivity contribution in [1.82, 2.24) is 10.6 Å². The van der Waals surface area contributed by atoms with Gasteiger partial charge in [-0.1, -0.05) is 0 Å². The normalized spacial score (nSPS) is 12.3. The van der Waals surface area contributed by atoms with Crippen LogP contribution in [-0.4, -0.2) is 26.4 Å². The third kappa shape index (κ3) is 3.78. The van der Waals surface area contributed by atoms with Gasteiger partial charge in [-0.15, -0.1) is 0 Å². The molecule has 0 aliphatic rings. The molecule has 4 nitrogen and oxygen atoms in total. The second kappa shape index (κ2) is 4.14. The lowest BCUT2D eigenvalue weighted by atomic mass is 10.6. The third-order valence-corrected chi connectivity index (χ3v) is 0.953. The van der Waals surface area contributed by atoms with Crippen molar-refractivity contribution >= 4 is 6.09 Å². The lowest BCUT2D eigenvalue weighted by molar-refractivity contribution is 0.166. The summed E-state index contributed by atoms with van der Waals surface area (Å²) >= 11 is 0. The lowest BCUT2D eigenvalue weighted by Crippen LogP contribution is -2.41. The Balaban J connectivity index is 3.34. The SMILES string of the molecule is CNC(C)NC(=O)OC. The van der Waals surface area contributed by atoms with E-state index in [1.807, 2.05) is 6.92 Å². The molecule has 0 aliphatic heterocycles. The molecule has 4 heteroatoms. The zero-order valence-corrected chi connectivity index (χ0v) is 5.89. The van der Waals surface area contributed by atoms with Gasteiger partial charge in [0, 0.05) is 0 Å². The van der Waals surface area contributed by atoms with Crippen molar-refractivity contribution in [3.05, 3.63) is 0 Å². The molecule has 9 heavy (non-hydrogen) atoms. The Bertz CT molecular complexity index is 95.0. The lowest BCUT2D eigenvalue weighted by Gasteiger charge is -2.10. The van der Waals surface area contributed by atoms with E-state index in [1.165, 1.54) is 7.11 Å². The summed E-state index contributed by atoms with van der Waals surface area (Å²) in [4.78, 5) is 10.4. The Morgan fingerprint density at radius 2 is 2.22 bits per heavy atom. The number of amides is 1. The van der Waals surface area contributed by atoms with Crippen molar-refractivity contribution in [2.75, 3.05) is 14.2 Å². The number of carbonyl (C=O) groups excluding carboxylic acids is 1. The van der Waals surface area contributed by atoms with Gasteiger partial charge in [-0.2, -0.15) is 0 Å². The molecule has 0 aromatic carbocycles. The van der Waals surface area contributed by atoms with Gasteiger partial charge in [-0.05, 0) is 14.0 Å². The molecule has 0 bridgehead atoms. The van der Waals surface area contributed by atoms with Crippen LogP contribution in [0, 0.1) is 0 Å². The van der Waals surface area contributed by atoms with Crippen molar-refractivity contribution in [3.8, 4) is 0 Å². The van der Waals surface area contributed by atoms with E-state index in [0.29, 0.717) is 0 Å². The van der Waals surface area contributed by atoms with E-state index in [1.54, 1.807) is 7.05 Å². The molecule has 0 aliphatic carbocycles. The van der Waals surface area contributed by atoms with Gasteiger partial charge in [0.1, 0.15) is 0 Å². The first-order chi connectivity index (χ1) is 4.20. The molecule has 0 fully saturated rings. The monoisotopic (exact) mass is 132 g/mol. The molecule has 1 amide bonds. The quantitative estimate of drug-likeness (QED) is 0.516. The van der Waals surface area contributed by atoms with Gasteiger partial charge in [-0.3, -0.25) is 0 Å². The molecule has 1 unspecified atom stereocenters. The predicted octanol–water partition coefficient (Wildman–Crippen LogP) is -0.0922. The summed E-state index contributed by atoms with van der Waals surface area (Å²) in [6, 6.07) is 0. The molecule has 0 saturated heterocycles. The maximum Gasteiger partial charge on any atom is 0.408 e. The summed E-state index contributed by atoms with van der Waals surface area (Å²) in [7, 11) is 3.08. The number of alkyl carbamates (subject to hydrolysis) is 1. The summed E-state index contributed by atoms with van der Waals surface area (Å²) in [5.41, 5.74) is 0. The first-order valence-corrected chi connectivity index (χ1v) is 2.72. The largest absolute Gasteiger partial charge is 0.453 e. The van der Waals surface area contributed by atoms with E-state index in [9.17, 15) is 4.79 Å². The molecule has 1 atom stereocenters. The first kappa shape index (κ1) is 8.23. The van der Waals surface area contributed by atoms with Crippen molar-refractivity contribution in [2.45, 2.75) is 13.1 Å². The topological polar surface area (TPSA) is 50.4 Å². The van der Waals surface area contributed by atoms with E-state index in [2.05, 4.69) is 15.4 Å². The van der Waals surface area contributed by atoms with Crippen LogP contribution >= 0.6 is 0 Å². The number of ether oxygens (including phenoxy) is 1. The number of nitrogens with one attached hydrogen (secondary N) is 2. The first-order valence-electron chi connectivity index (χ1n) is 2.72. The fourth-order valence-electron chi connectivity index (χ4n) is 0.308. The van der Waals surface area contributed by atoms with Crippen molar-refractivity contribution < 1.29 is 9.53 Å². The van der Waals surface area contributed by atoms with Gasteiger partial charge in [-0.25, -0.2) is 4.79 Å². The average molecular weight is 132 g/mol. The summed E-state index contributed by atoms with van der Waals surface area (Å²) in [5.74, 6) is 0. The minimum atomic E-state index is -0.420. The van der Waals surface area contributed by atoms with Gasteiger partial charge in [0.2, 0.25) is 0 Å². The standard InChI is InChI=1S/C5H12N2O2/c1-4(6-2)7-5(8)9-3/h4,6H,1-3H3,(H,7,8). The Kier molecular flexibility index (Phi) is 3.79. The van der Waals surface area contributed by atoms with E-state index in [0.717, 1.165) is 0 Å². The number of rotatable bonds is 2. The van der Waals surface area contributed by atoms with Crippen molar-refractivity contribution in [3.63, 3.8) is 0 Å². The molecule has 0 spiro atoms. The van der Waals surface area contributed by atoms with E-state index < -0.39 is 6.09 Å².